The van der Waals surface area contributed by atoms with Gasteiger partial charge in [-0.15, -0.1) is 11.3 Å². The van der Waals surface area contributed by atoms with Crippen molar-refractivity contribution in [2.45, 2.75) is 25.0 Å². The number of nitrogens with one attached hydrogen (secondary N) is 1. The van der Waals surface area contributed by atoms with Crippen LogP contribution in [0.4, 0.5) is 10.1 Å². The topological polar surface area (TPSA) is 81.2 Å². The van der Waals surface area contributed by atoms with Crippen LogP contribution in [0.2, 0.25) is 0 Å². The lowest BCUT2D eigenvalue weighted by atomic mass is 10.2. The molecule has 0 aliphatic heterocycles. The van der Waals surface area contributed by atoms with Crippen LogP contribution in [0.3, 0.4) is 0 Å². The van der Waals surface area contributed by atoms with Crippen molar-refractivity contribution in [1.29, 1.82) is 0 Å². The van der Waals surface area contributed by atoms with Crippen molar-refractivity contribution < 1.29 is 18.7 Å². The lowest BCUT2D eigenvalue weighted by molar-refractivity contribution is -0.150. The smallest absolute Gasteiger partial charge is 0.317 e. The standard InChI is InChI=1S/C18H16FN3O3S2/c1-10-3-4-12(7-14(10)19)22-16(24)11(2)25-15(23)8-27-18-13-5-6-26-17(13)20-9-21-18/h3-7,9,11H,8H2,1-2H3,(H,22,24)/t11-/m0/s1. The molecule has 2 aromatic heterocycles. The highest BCUT2D eigenvalue weighted by Crippen LogP contribution is 2.27. The average Bonchev–Trinajstić information content (AvgIpc) is 3.12. The van der Waals surface area contributed by atoms with Gasteiger partial charge in [0, 0.05) is 11.1 Å². The molecular formula is C18H16FN3O3S2. The number of aromatic nitrogens is 2. The molecule has 6 nitrogen and oxygen atoms in total. The Morgan fingerprint density at radius 3 is 2.93 bits per heavy atom. The fourth-order valence-corrected chi connectivity index (χ4v) is 3.77. The molecule has 0 bridgehead atoms. The number of carbonyl (C=O) groups is 2. The van der Waals surface area contributed by atoms with Gasteiger partial charge < -0.3 is 10.1 Å². The number of nitrogens with zero attached hydrogens (tertiary/aromatic N) is 2. The molecule has 0 spiro atoms. The van der Waals surface area contributed by atoms with Crippen LogP contribution in [0.25, 0.3) is 10.2 Å². The van der Waals surface area contributed by atoms with Gasteiger partial charge in [-0.2, -0.15) is 0 Å². The van der Waals surface area contributed by atoms with Crippen molar-refractivity contribution in [3.63, 3.8) is 0 Å². The summed E-state index contributed by atoms with van der Waals surface area (Å²) in [4.78, 5) is 33.3. The third-order valence-electron chi connectivity index (χ3n) is 3.67. The fourth-order valence-electron chi connectivity index (χ4n) is 2.21. The van der Waals surface area contributed by atoms with E-state index in [1.54, 1.807) is 19.1 Å². The number of thiophene rings is 1. The van der Waals surface area contributed by atoms with E-state index in [9.17, 15) is 14.0 Å². The van der Waals surface area contributed by atoms with E-state index in [2.05, 4.69) is 15.3 Å². The van der Waals surface area contributed by atoms with E-state index in [0.29, 0.717) is 16.3 Å². The van der Waals surface area contributed by atoms with E-state index in [-0.39, 0.29) is 5.75 Å². The van der Waals surface area contributed by atoms with E-state index in [1.165, 1.54) is 42.4 Å². The Labute approximate surface area is 163 Å². The van der Waals surface area contributed by atoms with Gasteiger partial charge in [-0.25, -0.2) is 14.4 Å². The highest BCUT2D eigenvalue weighted by molar-refractivity contribution is 8.00. The molecule has 0 unspecified atom stereocenters. The van der Waals surface area contributed by atoms with Gasteiger partial charge >= 0.3 is 5.97 Å². The number of anilines is 1. The molecule has 3 rings (SSSR count). The molecule has 1 aromatic carbocycles. The summed E-state index contributed by atoms with van der Waals surface area (Å²) in [6.45, 7) is 3.09. The van der Waals surface area contributed by atoms with Crippen LogP contribution in [0, 0.1) is 12.7 Å². The highest BCUT2D eigenvalue weighted by atomic mass is 32.2. The molecule has 3 aromatic rings. The Balaban J connectivity index is 1.53. The molecule has 0 aliphatic rings. The number of fused-ring (bicyclic) bond motifs is 1. The van der Waals surface area contributed by atoms with Gasteiger partial charge in [0.25, 0.3) is 5.91 Å². The third-order valence-corrected chi connectivity index (χ3v) is 5.47. The number of carbonyl (C=O) groups excluding carboxylic acids is 2. The lowest BCUT2D eigenvalue weighted by Gasteiger charge is -2.13. The number of ether oxygens (including phenoxy) is 1. The SMILES string of the molecule is Cc1ccc(NC(=O)[C@H](C)OC(=O)CSc2ncnc3sccc23)cc1F. The summed E-state index contributed by atoms with van der Waals surface area (Å²) < 4.78 is 18.7. The number of rotatable bonds is 6. The predicted octanol–water partition coefficient (Wildman–Crippen LogP) is 3.80. The van der Waals surface area contributed by atoms with Gasteiger partial charge in [-0.3, -0.25) is 9.59 Å². The van der Waals surface area contributed by atoms with E-state index in [1.807, 2.05) is 11.4 Å². The molecule has 0 saturated carbocycles. The van der Waals surface area contributed by atoms with E-state index in [4.69, 9.17) is 4.74 Å². The third kappa shape index (κ3) is 4.81. The summed E-state index contributed by atoms with van der Waals surface area (Å²) in [5.74, 6) is -1.48. The number of halogens is 1. The number of aryl methyl sites for hydroxylation is 1. The van der Waals surface area contributed by atoms with Crippen molar-refractivity contribution in [2.75, 3.05) is 11.1 Å². The van der Waals surface area contributed by atoms with Gasteiger partial charge in [0.2, 0.25) is 0 Å². The van der Waals surface area contributed by atoms with Crippen molar-refractivity contribution in [2.24, 2.45) is 0 Å². The number of amides is 1. The summed E-state index contributed by atoms with van der Waals surface area (Å²) in [5, 5.41) is 6.00. The van der Waals surface area contributed by atoms with Crippen molar-refractivity contribution in [1.82, 2.24) is 9.97 Å². The van der Waals surface area contributed by atoms with Crippen molar-refractivity contribution in [3.8, 4) is 0 Å². The maximum absolute atomic E-state index is 13.5. The lowest BCUT2D eigenvalue weighted by Crippen LogP contribution is -2.30. The zero-order valence-electron chi connectivity index (χ0n) is 14.6. The Kier molecular flexibility index (Phi) is 6.02. The first-order valence-electron chi connectivity index (χ1n) is 8.01. The number of hydrogen-bond acceptors (Lipinski definition) is 7. The largest absolute Gasteiger partial charge is 0.452 e. The molecule has 0 radical (unpaired) electrons. The predicted molar refractivity (Wildman–Crippen MR) is 103 cm³/mol. The van der Waals surface area contributed by atoms with Crippen LogP contribution >= 0.6 is 23.1 Å². The minimum Gasteiger partial charge on any atom is -0.452 e. The number of thioether (sulfide) groups is 1. The molecule has 0 saturated heterocycles. The quantitative estimate of drug-likeness (QED) is 0.382. The summed E-state index contributed by atoms with van der Waals surface area (Å²) >= 11 is 2.72. The minimum absolute atomic E-state index is 0.0126. The second kappa shape index (κ2) is 8.45. The van der Waals surface area contributed by atoms with Gasteiger partial charge in [0.05, 0.1) is 5.75 Å². The molecule has 9 heteroatoms. The molecule has 2 heterocycles. The maximum atomic E-state index is 13.5. The Morgan fingerprint density at radius 1 is 1.33 bits per heavy atom. The zero-order valence-corrected chi connectivity index (χ0v) is 16.2. The number of hydrogen-bond donors (Lipinski definition) is 1. The normalized spacial score (nSPS) is 12.0. The van der Waals surface area contributed by atoms with E-state index in [0.717, 1.165) is 10.2 Å². The van der Waals surface area contributed by atoms with Crippen LogP contribution in [0.5, 0.6) is 0 Å². The van der Waals surface area contributed by atoms with Gasteiger partial charge in [-0.05, 0) is 43.0 Å². The zero-order chi connectivity index (χ0) is 19.4. The average molecular weight is 405 g/mol. The second-order valence-electron chi connectivity index (χ2n) is 5.69. The summed E-state index contributed by atoms with van der Waals surface area (Å²) in [6.07, 6.45) is 0.442. The summed E-state index contributed by atoms with van der Waals surface area (Å²) in [5.41, 5.74) is 0.787. The Bertz CT molecular complexity index is 993. The van der Waals surface area contributed by atoms with Gasteiger partial charge in [0.15, 0.2) is 6.10 Å². The molecule has 27 heavy (non-hydrogen) atoms. The van der Waals surface area contributed by atoms with Crippen LogP contribution in [0.1, 0.15) is 12.5 Å². The summed E-state index contributed by atoms with van der Waals surface area (Å²) in [6, 6.07) is 6.26. The van der Waals surface area contributed by atoms with Gasteiger partial charge in [0.1, 0.15) is 22.0 Å². The first-order chi connectivity index (χ1) is 12.9. The monoisotopic (exact) mass is 405 g/mol. The second-order valence-corrected chi connectivity index (χ2v) is 7.55. The Morgan fingerprint density at radius 2 is 2.15 bits per heavy atom. The molecule has 1 atom stereocenters. The number of benzene rings is 1. The first-order valence-corrected chi connectivity index (χ1v) is 9.88. The first kappa shape index (κ1) is 19.2. The maximum Gasteiger partial charge on any atom is 0.317 e. The highest BCUT2D eigenvalue weighted by Gasteiger charge is 2.19. The van der Waals surface area contributed by atoms with Crippen molar-refractivity contribution in [3.05, 3.63) is 47.4 Å². The molecule has 1 amide bonds. The van der Waals surface area contributed by atoms with Crippen molar-refractivity contribution >= 4 is 50.9 Å². The van der Waals surface area contributed by atoms with Gasteiger partial charge in [-0.1, -0.05) is 17.8 Å². The van der Waals surface area contributed by atoms with E-state index < -0.39 is 23.8 Å². The molecule has 1 N–H and O–H groups in total. The molecular weight excluding hydrogens is 389 g/mol. The minimum atomic E-state index is -1.01. The molecule has 140 valence electrons. The van der Waals surface area contributed by atoms with Crippen LogP contribution in [-0.4, -0.2) is 33.7 Å². The van der Waals surface area contributed by atoms with E-state index >= 15 is 0 Å². The van der Waals surface area contributed by atoms with Crippen LogP contribution in [0.15, 0.2) is 41.0 Å². The Hall–Kier alpha value is -2.52. The fraction of sp³-hybridized carbons (Fsp3) is 0.222. The van der Waals surface area contributed by atoms with Crippen LogP contribution in [-0.2, 0) is 14.3 Å². The summed E-state index contributed by atoms with van der Waals surface area (Å²) in [7, 11) is 0. The molecule has 0 aliphatic carbocycles. The van der Waals surface area contributed by atoms with Crippen LogP contribution < -0.4 is 5.32 Å². The number of esters is 1. The molecule has 0 fully saturated rings.